The average molecular weight is 264 g/mol. The summed E-state index contributed by atoms with van der Waals surface area (Å²) in [6, 6.07) is -0.240. The Balaban J connectivity index is 2.00. The topological polar surface area (TPSA) is 126 Å². The largest absolute Gasteiger partial charge is 0.480 e. The van der Waals surface area contributed by atoms with Gasteiger partial charge in [-0.05, 0) is 6.92 Å². The van der Waals surface area contributed by atoms with E-state index >= 15 is 0 Å². The first kappa shape index (κ1) is 12.7. The number of carbonyl (C=O) groups is 2. The van der Waals surface area contributed by atoms with Crippen molar-refractivity contribution in [1.82, 2.24) is 30.5 Å². The molecular formula is C10H12N6O3. The Morgan fingerprint density at radius 3 is 3.00 bits per heavy atom. The SMILES string of the molecule is CC(NC(=O)c1cn(CC(=O)O)nn1)c1cn[nH]c1. The van der Waals surface area contributed by atoms with Crippen molar-refractivity contribution in [2.75, 3.05) is 0 Å². The molecule has 0 spiro atoms. The zero-order chi connectivity index (χ0) is 13.8. The van der Waals surface area contributed by atoms with Gasteiger partial charge in [-0.25, -0.2) is 4.68 Å². The monoisotopic (exact) mass is 264 g/mol. The summed E-state index contributed by atoms with van der Waals surface area (Å²) in [6.45, 7) is 1.46. The first-order valence-corrected chi connectivity index (χ1v) is 5.47. The van der Waals surface area contributed by atoms with E-state index in [1.807, 2.05) is 0 Å². The summed E-state index contributed by atoms with van der Waals surface area (Å²) in [5.74, 6) is -1.48. The molecule has 2 aromatic rings. The van der Waals surface area contributed by atoms with E-state index in [9.17, 15) is 9.59 Å². The number of rotatable bonds is 5. The molecule has 0 aliphatic heterocycles. The quantitative estimate of drug-likeness (QED) is 0.673. The molecule has 0 saturated carbocycles. The van der Waals surface area contributed by atoms with Crippen LogP contribution in [0.3, 0.4) is 0 Å². The highest BCUT2D eigenvalue weighted by Crippen LogP contribution is 2.09. The Morgan fingerprint density at radius 2 is 2.37 bits per heavy atom. The minimum absolute atomic E-state index is 0.0663. The molecule has 19 heavy (non-hydrogen) atoms. The van der Waals surface area contributed by atoms with Crippen molar-refractivity contribution in [3.8, 4) is 0 Å². The van der Waals surface area contributed by atoms with Gasteiger partial charge in [-0.15, -0.1) is 5.10 Å². The zero-order valence-corrected chi connectivity index (χ0v) is 10.1. The number of aromatic nitrogens is 5. The Labute approximate surface area is 107 Å². The molecule has 1 unspecified atom stereocenters. The van der Waals surface area contributed by atoms with Crippen LogP contribution in [0.2, 0.25) is 0 Å². The van der Waals surface area contributed by atoms with Crippen LogP contribution in [0.15, 0.2) is 18.6 Å². The van der Waals surface area contributed by atoms with E-state index in [4.69, 9.17) is 5.11 Å². The number of carboxylic acids is 1. The van der Waals surface area contributed by atoms with Crippen molar-refractivity contribution in [3.05, 3.63) is 29.8 Å². The number of H-pyrrole nitrogens is 1. The molecule has 0 saturated heterocycles. The van der Waals surface area contributed by atoms with E-state index in [1.165, 1.54) is 6.20 Å². The molecule has 0 bridgehead atoms. The zero-order valence-electron chi connectivity index (χ0n) is 10.1. The maximum absolute atomic E-state index is 11.8. The third-order valence-corrected chi connectivity index (χ3v) is 2.44. The van der Waals surface area contributed by atoms with E-state index in [0.29, 0.717) is 0 Å². The molecular weight excluding hydrogens is 252 g/mol. The van der Waals surface area contributed by atoms with Crippen LogP contribution in [0.25, 0.3) is 0 Å². The van der Waals surface area contributed by atoms with Gasteiger partial charge in [0.15, 0.2) is 5.69 Å². The second-order valence-electron chi connectivity index (χ2n) is 3.92. The number of hydrogen-bond donors (Lipinski definition) is 3. The normalized spacial score (nSPS) is 12.1. The van der Waals surface area contributed by atoms with Crippen LogP contribution in [-0.4, -0.2) is 42.2 Å². The third-order valence-electron chi connectivity index (χ3n) is 2.44. The Bertz CT molecular complexity index is 576. The van der Waals surface area contributed by atoms with Gasteiger partial charge in [-0.1, -0.05) is 5.21 Å². The van der Waals surface area contributed by atoms with Crippen molar-refractivity contribution in [1.29, 1.82) is 0 Å². The van der Waals surface area contributed by atoms with Crippen LogP contribution in [0.4, 0.5) is 0 Å². The van der Waals surface area contributed by atoms with Gasteiger partial charge in [-0.3, -0.25) is 14.7 Å². The van der Waals surface area contributed by atoms with Crippen molar-refractivity contribution in [3.63, 3.8) is 0 Å². The number of amides is 1. The average Bonchev–Trinajstić information content (AvgIpc) is 2.97. The maximum atomic E-state index is 11.8. The van der Waals surface area contributed by atoms with Crippen molar-refractivity contribution in [2.45, 2.75) is 19.5 Å². The molecule has 0 fully saturated rings. The summed E-state index contributed by atoms with van der Waals surface area (Å²) in [5.41, 5.74) is 0.892. The van der Waals surface area contributed by atoms with Crippen molar-refractivity contribution >= 4 is 11.9 Å². The number of nitrogens with zero attached hydrogens (tertiary/aromatic N) is 4. The molecule has 2 rings (SSSR count). The fourth-order valence-electron chi connectivity index (χ4n) is 1.47. The number of aromatic amines is 1. The van der Waals surface area contributed by atoms with Crippen LogP contribution >= 0.6 is 0 Å². The van der Waals surface area contributed by atoms with Gasteiger partial charge in [0.2, 0.25) is 0 Å². The molecule has 0 aliphatic carbocycles. The molecule has 1 amide bonds. The Morgan fingerprint density at radius 1 is 1.58 bits per heavy atom. The lowest BCUT2D eigenvalue weighted by Crippen LogP contribution is -2.26. The summed E-state index contributed by atoms with van der Waals surface area (Å²) >= 11 is 0. The highest BCUT2D eigenvalue weighted by molar-refractivity contribution is 5.92. The predicted molar refractivity (Wildman–Crippen MR) is 62.1 cm³/mol. The number of aliphatic carboxylic acids is 1. The maximum Gasteiger partial charge on any atom is 0.325 e. The fourth-order valence-corrected chi connectivity index (χ4v) is 1.47. The molecule has 0 aliphatic rings. The lowest BCUT2D eigenvalue weighted by Gasteiger charge is -2.09. The van der Waals surface area contributed by atoms with Crippen LogP contribution in [0, 0.1) is 0 Å². The van der Waals surface area contributed by atoms with Crippen molar-refractivity contribution < 1.29 is 14.7 Å². The Hall–Kier alpha value is -2.71. The van der Waals surface area contributed by atoms with Gasteiger partial charge in [0.05, 0.1) is 18.4 Å². The second kappa shape index (κ2) is 5.29. The number of carboxylic acid groups (broad SMARTS) is 1. The molecule has 9 heteroatoms. The van der Waals surface area contributed by atoms with E-state index < -0.39 is 11.9 Å². The molecule has 1 atom stereocenters. The van der Waals surface area contributed by atoms with E-state index in [1.54, 1.807) is 19.3 Å². The van der Waals surface area contributed by atoms with Gasteiger partial charge in [-0.2, -0.15) is 5.10 Å². The van der Waals surface area contributed by atoms with Crippen molar-refractivity contribution in [2.24, 2.45) is 0 Å². The number of nitrogens with one attached hydrogen (secondary N) is 2. The first-order valence-electron chi connectivity index (χ1n) is 5.47. The molecule has 9 nitrogen and oxygen atoms in total. The first-order chi connectivity index (χ1) is 9.06. The Kier molecular flexibility index (Phi) is 3.55. The number of carbonyl (C=O) groups excluding carboxylic acids is 1. The fraction of sp³-hybridized carbons (Fsp3) is 0.300. The van der Waals surface area contributed by atoms with Gasteiger partial charge in [0, 0.05) is 11.8 Å². The van der Waals surface area contributed by atoms with E-state index in [0.717, 1.165) is 10.2 Å². The molecule has 0 radical (unpaired) electrons. The summed E-state index contributed by atoms with van der Waals surface area (Å²) < 4.78 is 1.08. The number of hydrogen-bond acceptors (Lipinski definition) is 5. The van der Waals surface area contributed by atoms with Gasteiger partial charge in [0.1, 0.15) is 6.54 Å². The lowest BCUT2D eigenvalue weighted by atomic mass is 10.2. The van der Waals surface area contributed by atoms with E-state index in [-0.39, 0.29) is 18.3 Å². The minimum atomic E-state index is -1.05. The van der Waals surface area contributed by atoms with Crippen LogP contribution in [0.1, 0.15) is 29.0 Å². The minimum Gasteiger partial charge on any atom is -0.480 e. The molecule has 2 heterocycles. The van der Waals surface area contributed by atoms with Crippen LogP contribution in [0.5, 0.6) is 0 Å². The van der Waals surface area contributed by atoms with Gasteiger partial charge in [0.25, 0.3) is 5.91 Å². The lowest BCUT2D eigenvalue weighted by molar-refractivity contribution is -0.137. The van der Waals surface area contributed by atoms with E-state index in [2.05, 4.69) is 25.8 Å². The molecule has 3 N–H and O–H groups in total. The van der Waals surface area contributed by atoms with Crippen LogP contribution < -0.4 is 5.32 Å². The summed E-state index contributed by atoms with van der Waals surface area (Å²) in [6.07, 6.45) is 4.56. The predicted octanol–water partition coefficient (Wildman–Crippen LogP) is -0.423. The third kappa shape index (κ3) is 3.15. The molecule has 2 aromatic heterocycles. The van der Waals surface area contributed by atoms with Gasteiger partial charge < -0.3 is 10.4 Å². The summed E-state index contributed by atoms with van der Waals surface area (Å²) in [7, 11) is 0. The van der Waals surface area contributed by atoms with Crippen LogP contribution in [-0.2, 0) is 11.3 Å². The standard InChI is InChI=1S/C10H12N6O3/c1-6(7-2-11-12-3-7)13-10(19)8-4-16(15-14-8)5-9(17)18/h2-4,6H,5H2,1H3,(H,11,12)(H,13,19)(H,17,18). The second-order valence-corrected chi connectivity index (χ2v) is 3.92. The molecule has 0 aromatic carbocycles. The molecule has 100 valence electrons. The smallest absolute Gasteiger partial charge is 0.325 e. The van der Waals surface area contributed by atoms with Gasteiger partial charge >= 0.3 is 5.97 Å². The highest BCUT2D eigenvalue weighted by Gasteiger charge is 2.15. The summed E-state index contributed by atoms with van der Waals surface area (Å²) in [5, 5.41) is 24.9. The summed E-state index contributed by atoms with van der Waals surface area (Å²) in [4.78, 5) is 22.3. The highest BCUT2D eigenvalue weighted by atomic mass is 16.4.